The number of hydrogen-bond donors (Lipinski definition) is 2. The molecular weight excluding hydrogens is 295 g/mol. The Kier molecular flexibility index (Phi) is 3.87. The molecule has 2 rings (SSSR count). The molecule has 3 N–H and O–H groups in total. The molecule has 2 nitrogen and oxygen atoms in total. The molecule has 0 saturated carbocycles. The number of nitrogen functional groups attached to an aromatic ring is 1. The van der Waals surface area contributed by atoms with Crippen LogP contribution >= 0.6 is 15.9 Å². The van der Waals surface area contributed by atoms with E-state index in [-0.39, 0.29) is 5.82 Å². The molecule has 0 aliphatic carbocycles. The maximum atomic E-state index is 13.0. The van der Waals surface area contributed by atoms with Crippen molar-refractivity contribution >= 4 is 27.3 Å². The summed E-state index contributed by atoms with van der Waals surface area (Å²) in [7, 11) is 0. The van der Waals surface area contributed by atoms with E-state index in [2.05, 4.69) is 21.2 Å². The lowest BCUT2D eigenvalue weighted by Gasteiger charge is -2.11. The minimum Gasteiger partial charge on any atom is -0.398 e. The number of rotatable bonds is 3. The molecule has 18 heavy (non-hydrogen) atoms. The first-order valence-corrected chi connectivity index (χ1v) is 6.39. The summed E-state index contributed by atoms with van der Waals surface area (Å²) >= 11 is 3.45. The van der Waals surface area contributed by atoms with E-state index in [4.69, 9.17) is 5.73 Å². The van der Waals surface area contributed by atoms with Crippen molar-refractivity contribution in [2.24, 2.45) is 0 Å². The third-order valence-electron chi connectivity index (χ3n) is 2.73. The highest BCUT2D eigenvalue weighted by Gasteiger charge is 2.03. The quantitative estimate of drug-likeness (QED) is 0.838. The van der Waals surface area contributed by atoms with Gasteiger partial charge in [0.05, 0.1) is 0 Å². The summed E-state index contributed by atoms with van der Waals surface area (Å²) in [6, 6.07) is 10.4. The molecule has 0 saturated heterocycles. The van der Waals surface area contributed by atoms with Crippen molar-refractivity contribution in [2.45, 2.75) is 13.5 Å². The van der Waals surface area contributed by atoms with E-state index in [1.807, 2.05) is 25.1 Å². The van der Waals surface area contributed by atoms with Gasteiger partial charge in [0.1, 0.15) is 5.82 Å². The second kappa shape index (κ2) is 5.40. The topological polar surface area (TPSA) is 38.0 Å². The Morgan fingerprint density at radius 3 is 2.78 bits per heavy atom. The van der Waals surface area contributed by atoms with Crippen LogP contribution in [0.25, 0.3) is 0 Å². The number of benzene rings is 2. The first-order valence-electron chi connectivity index (χ1n) is 5.60. The molecule has 0 aromatic heterocycles. The van der Waals surface area contributed by atoms with Gasteiger partial charge in [0.15, 0.2) is 0 Å². The van der Waals surface area contributed by atoms with Gasteiger partial charge in [0.2, 0.25) is 0 Å². The molecule has 0 aliphatic heterocycles. The number of aryl methyl sites for hydroxylation is 1. The fraction of sp³-hybridized carbons (Fsp3) is 0.143. The van der Waals surface area contributed by atoms with E-state index in [9.17, 15) is 4.39 Å². The van der Waals surface area contributed by atoms with Gasteiger partial charge >= 0.3 is 0 Å². The number of halogens is 2. The lowest BCUT2D eigenvalue weighted by molar-refractivity contribution is 0.626. The minimum atomic E-state index is -0.221. The van der Waals surface area contributed by atoms with Crippen molar-refractivity contribution in [3.63, 3.8) is 0 Å². The Morgan fingerprint density at radius 2 is 2.06 bits per heavy atom. The Morgan fingerprint density at radius 1 is 1.28 bits per heavy atom. The molecule has 0 spiro atoms. The predicted molar refractivity (Wildman–Crippen MR) is 77.0 cm³/mol. The second-order valence-electron chi connectivity index (χ2n) is 4.17. The zero-order valence-electron chi connectivity index (χ0n) is 10.0. The monoisotopic (exact) mass is 308 g/mol. The maximum absolute atomic E-state index is 13.0. The fourth-order valence-electron chi connectivity index (χ4n) is 1.68. The van der Waals surface area contributed by atoms with Crippen LogP contribution in [-0.4, -0.2) is 0 Å². The molecule has 0 heterocycles. The van der Waals surface area contributed by atoms with E-state index in [0.29, 0.717) is 6.54 Å². The van der Waals surface area contributed by atoms with Crippen LogP contribution in [0.3, 0.4) is 0 Å². The van der Waals surface area contributed by atoms with Crippen LogP contribution in [0.5, 0.6) is 0 Å². The Hall–Kier alpha value is -1.55. The van der Waals surface area contributed by atoms with Gasteiger partial charge in [-0.05, 0) is 58.2 Å². The molecule has 0 amide bonds. The molecule has 2 aromatic rings. The third-order valence-corrected chi connectivity index (χ3v) is 3.38. The first-order chi connectivity index (χ1) is 8.56. The highest BCUT2D eigenvalue weighted by atomic mass is 79.9. The van der Waals surface area contributed by atoms with Crippen molar-refractivity contribution in [2.75, 3.05) is 11.1 Å². The molecule has 0 aliphatic rings. The van der Waals surface area contributed by atoms with E-state index in [0.717, 1.165) is 27.0 Å². The molecule has 94 valence electrons. The van der Waals surface area contributed by atoms with Crippen molar-refractivity contribution < 1.29 is 4.39 Å². The van der Waals surface area contributed by atoms with Gasteiger partial charge in [-0.2, -0.15) is 0 Å². The van der Waals surface area contributed by atoms with Gasteiger partial charge in [0.25, 0.3) is 0 Å². The van der Waals surface area contributed by atoms with Crippen molar-refractivity contribution in [1.29, 1.82) is 0 Å². The third kappa shape index (κ3) is 3.01. The van der Waals surface area contributed by atoms with E-state index < -0.39 is 0 Å². The zero-order valence-corrected chi connectivity index (χ0v) is 11.6. The largest absolute Gasteiger partial charge is 0.398 e. The Bertz CT molecular complexity index is 570. The van der Waals surface area contributed by atoms with Crippen molar-refractivity contribution in [3.8, 4) is 0 Å². The first kappa shape index (κ1) is 12.9. The second-order valence-corrected chi connectivity index (χ2v) is 5.03. The average Bonchev–Trinajstić information content (AvgIpc) is 2.32. The van der Waals surface area contributed by atoms with Gasteiger partial charge in [0, 0.05) is 22.4 Å². The van der Waals surface area contributed by atoms with Crippen LogP contribution < -0.4 is 11.1 Å². The highest BCUT2D eigenvalue weighted by Crippen LogP contribution is 2.28. The van der Waals surface area contributed by atoms with Gasteiger partial charge in [-0.3, -0.25) is 0 Å². The van der Waals surface area contributed by atoms with Crippen molar-refractivity contribution in [3.05, 3.63) is 57.8 Å². The molecular formula is C14H14BrFN2. The predicted octanol–water partition coefficient (Wildman–Crippen LogP) is 4.09. The van der Waals surface area contributed by atoms with Crippen LogP contribution in [-0.2, 0) is 6.54 Å². The average molecular weight is 309 g/mol. The normalized spacial score (nSPS) is 10.4. The van der Waals surface area contributed by atoms with Gasteiger partial charge in [-0.1, -0.05) is 12.1 Å². The van der Waals surface area contributed by atoms with Crippen LogP contribution in [0.15, 0.2) is 40.9 Å². The number of nitrogens with one attached hydrogen (secondary N) is 1. The summed E-state index contributed by atoms with van der Waals surface area (Å²) in [4.78, 5) is 0. The Labute approximate surface area is 114 Å². The van der Waals surface area contributed by atoms with E-state index in [1.165, 1.54) is 12.1 Å². The molecule has 0 atom stereocenters. The summed E-state index contributed by atoms with van der Waals surface area (Å²) in [6.07, 6.45) is 0. The SMILES string of the molecule is Cc1cc(NCc2cccc(F)c2)c(Br)cc1N. The standard InChI is InChI=1S/C14H14BrFN2/c1-9-5-14(12(15)7-13(9)17)18-8-10-3-2-4-11(16)6-10/h2-7,18H,8,17H2,1H3. The number of nitrogens with two attached hydrogens (primary N) is 1. The van der Waals surface area contributed by atoms with E-state index in [1.54, 1.807) is 6.07 Å². The van der Waals surface area contributed by atoms with Crippen LogP contribution in [0, 0.1) is 12.7 Å². The summed E-state index contributed by atoms with van der Waals surface area (Å²) in [5.74, 6) is -0.221. The maximum Gasteiger partial charge on any atom is 0.123 e. The molecule has 0 radical (unpaired) electrons. The minimum absolute atomic E-state index is 0.221. The molecule has 0 bridgehead atoms. The van der Waals surface area contributed by atoms with Crippen LogP contribution in [0.2, 0.25) is 0 Å². The molecule has 0 fully saturated rings. The van der Waals surface area contributed by atoms with Gasteiger partial charge in [-0.25, -0.2) is 4.39 Å². The molecule has 4 heteroatoms. The Balaban J connectivity index is 2.13. The van der Waals surface area contributed by atoms with Gasteiger partial charge in [-0.15, -0.1) is 0 Å². The van der Waals surface area contributed by atoms with E-state index >= 15 is 0 Å². The smallest absolute Gasteiger partial charge is 0.123 e. The molecule has 0 unspecified atom stereocenters. The van der Waals surface area contributed by atoms with Crippen LogP contribution in [0.4, 0.5) is 15.8 Å². The number of anilines is 2. The summed E-state index contributed by atoms with van der Waals surface area (Å²) in [6.45, 7) is 2.52. The lowest BCUT2D eigenvalue weighted by Crippen LogP contribution is -2.02. The van der Waals surface area contributed by atoms with Crippen LogP contribution in [0.1, 0.15) is 11.1 Å². The molecule has 2 aromatic carbocycles. The highest BCUT2D eigenvalue weighted by molar-refractivity contribution is 9.10. The summed E-state index contributed by atoms with van der Waals surface area (Å²) < 4.78 is 13.9. The zero-order chi connectivity index (χ0) is 13.1. The summed E-state index contributed by atoms with van der Waals surface area (Å²) in [5.41, 5.74) is 9.42. The van der Waals surface area contributed by atoms with Gasteiger partial charge < -0.3 is 11.1 Å². The fourth-order valence-corrected chi connectivity index (χ4v) is 2.18. The van der Waals surface area contributed by atoms with Crippen molar-refractivity contribution in [1.82, 2.24) is 0 Å². The summed E-state index contributed by atoms with van der Waals surface area (Å²) in [5, 5.41) is 3.26. The lowest BCUT2D eigenvalue weighted by atomic mass is 10.1. The number of hydrogen-bond acceptors (Lipinski definition) is 2.